The van der Waals surface area contributed by atoms with E-state index in [9.17, 15) is 0 Å². The van der Waals surface area contributed by atoms with Gasteiger partial charge in [0, 0.05) is 10.7 Å². The van der Waals surface area contributed by atoms with E-state index in [2.05, 4.69) is 15.3 Å². The second-order valence-corrected chi connectivity index (χ2v) is 5.94. The maximum Gasteiger partial charge on any atom is 0.479 e. The van der Waals surface area contributed by atoms with E-state index in [1.54, 1.807) is 0 Å². The zero-order valence-electron chi connectivity index (χ0n) is 13.8. The van der Waals surface area contributed by atoms with Gasteiger partial charge in [-0.25, -0.2) is 4.57 Å². The number of anilines is 2. The Balaban J connectivity index is 1.87. The van der Waals surface area contributed by atoms with E-state index in [1.807, 2.05) is 101 Å². The predicted octanol–water partition coefficient (Wildman–Crippen LogP) is 3.43. The second kappa shape index (κ2) is 7.29. The molecule has 0 aliphatic carbocycles. The summed E-state index contributed by atoms with van der Waals surface area (Å²) in [7, 11) is 0. The van der Waals surface area contributed by atoms with Gasteiger partial charge in [0.15, 0.2) is 5.02 Å². The average molecular weight is 362 g/mol. The molecule has 5 nitrogen and oxygen atoms in total. The Hall–Kier alpha value is -3.31. The van der Waals surface area contributed by atoms with Crippen LogP contribution in [0.4, 0.5) is 11.5 Å². The Kier molecular flexibility index (Phi) is 4.53. The van der Waals surface area contributed by atoms with Crippen molar-refractivity contribution in [1.29, 1.82) is 0 Å². The van der Waals surface area contributed by atoms with Crippen LogP contribution in [0.1, 0.15) is 0 Å². The summed E-state index contributed by atoms with van der Waals surface area (Å²) >= 11 is 6.64. The van der Waals surface area contributed by atoms with E-state index >= 15 is 0 Å². The first-order chi connectivity index (χ1) is 12.8. The molecular formula is C20H16ClN5+2. The van der Waals surface area contributed by atoms with Crippen LogP contribution in [-0.2, 0) is 0 Å². The van der Waals surface area contributed by atoms with Gasteiger partial charge in [0.25, 0.3) is 0 Å². The molecule has 0 spiro atoms. The van der Waals surface area contributed by atoms with E-state index in [4.69, 9.17) is 11.6 Å². The van der Waals surface area contributed by atoms with Gasteiger partial charge in [-0.1, -0.05) is 41.9 Å². The zero-order valence-corrected chi connectivity index (χ0v) is 14.6. The van der Waals surface area contributed by atoms with E-state index in [0.29, 0.717) is 22.6 Å². The van der Waals surface area contributed by atoms with E-state index in [0.717, 1.165) is 5.69 Å². The van der Waals surface area contributed by atoms with Crippen LogP contribution in [-0.4, -0.2) is 9.97 Å². The third kappa shape index (κ3) is 3.38. The van der Waals surface area contributed by atoms with E-state index in [-0.39, 0.29) is 0 Å². The second-order valence-electron chi connectivity index (χ2n) is 5.57. The third-order valence-corrected chi connectivity index (χ3v) is 4.11. The number of nitrogens with one attached hydrogen (secondary N) is 1. The molecule has 26 heavy (non-hydrogen) atoms. The van der Waals surface area contributed by atoms with Gasteiger partial charge in [-0.2, -0.15) is 4.57 Å². The molecule has 4 aromatic rings. The molecule has 0 bridgehead atoms. The maximum atomic E-state index is 6.64. The van der Waals surface area contributed by atoms with Crippen LogP contribution in [0.25, 0.3) is 11.8 Å². The van der Waals surface area contributed by atoms with Crippen molar-refractivity contribution in [3.05, 3.63) is 96.5 Å². The first-order valence-corrected chi connectivity index (χ1v) is 8.52. The molecule has 1 aromatic carbocycles. The Morgan fingerprint density at radius 1 is 0.692 bits per heavy atom. The number of pyridine rings is 2. The lowest BCUT2D eigenvalue weighted by Gasteiger charge is -2.06. The highest BCUT2D eigenvalue weighted by molar-refractivity contribution is 6.34. The molecule has 4 rings (SSSR count). The number of nitrogens with zero attached hydrogens (tertiary/aromatic N) is 4. The number of para-hydroxylation sites is 1. The van der Waals surface area contributed by atoms with Gasteiger partial charge in [0.2, 0.25) is 5.82 Å². The molecule has 0 radical (unpaired) electrons. The molecule has 3 aromatic heterocycles. The Morgan fingerprint density at radius 3 is 1.92 bits per heavy atom. The van der Waals surface area contributed by atoms with Crippen molar-refractivity contribution < 1.29 is 9.13 Å². The van der Waals surface area contributed by atoms with Crippen molar-refractivity contribution >= 4 is 23.1 Å². The molecule has 0 amide bonds. The van der Waals surface area contributed by atoms with Crippen LogP contribution in [0.3, 0.4) is 0 Å². The molecule has 1 N–H and O–H groups in total. The lowest BCUT2D eigenvalue weighted by Crippen LogP contribution is -2.37. The minimum Gasteiger partial charge on any atom is -0.325 e. The molecule has 0 saturated carbocycles. The van der Waals surface area contributed by atoms with Crippen molar-refractivity contribution in [2.24, 2.45) is 0 Å². The van der Waals surface area contributed by atoms with Crippen LogP contribution in [0, 0.1) is 0 Å². The number of rotatable bonds is 4. The summed E-state index contributed by atoms with van der Waals surface area (Å²) in [5, 5.41) is 3.73. The first-order valence-electron chi connectivity index (χ1n) is 8.14. The fourth-order valence-corrected chi connectivity index (χ4v) is 2.75. The van der Waals surface area contributed by atoms with Crippen LogP contribution in [0.5, 0.6) is 0 Å². The minimum atomic E-state index is 0.449. The fraction of sp³-hybridized carbons (Fsp3) is 0. The van der Waals surface area contributed by atoms with Crippen molar-refractivity contribution in [2.45, 2.75) is 0 Å². The smallest absolute Gasteiger partial charge is 0.325 e. The summed E-state index contributed by atoms with van der Waals surface area (Å²) in [6, 6.07) is 21.4. The van der Waals surface area contributed by atoms with Crippen LogP contribution in [0.2, 0.25) is 5.02 Å². The summed E-state index contributed by atoms with van der Waals surface area (Å²) in [5.41, 5.74) is 0.904. The number of hydrogen-bond acceptors (Lipinski definition) is 3. The molecule has 0 atom stereocenters. The van der Waals surface area contributed by atoms with E-state index < -0.39 is 0 Å². The number of benzene rings is 1. The SMILES string of the molecule is Clc1c(Nc2ccccc2)nc(-[n+]2ccccc2)nc1-[n+]1ccccc1. The number of aromatic nitrogens is 4. The summed E-state index contributed by atoms with van der Waals surface area (Å²) in [6.45, 7) is 0. The molecule has 6 heteroatoms. The van der Waals surface area contributed by atoms with Gasteiger partial charge in [-0.3, -0.25) is 0 Å². The maximum absolute atomic E-state index is 6.64. The van der Waals surface area contributed by atoms with Crippen molar-refractivity contribution in [3.8, 4) is 11.8 Å². The molecule has 0 saturated heterocycles. The number of halogens is 1. The molecule has 0 unspecified atom stereocenters. The van der Waals surface area contributed by atoms with Crippen LogP contribution < -0.4 is 14.5 Å². The lowest BCUT2D eigenvalue weighted by molar-refractivity contribution is -0.614. The van der Waals surface area contributed by atoms with Crippen molar-refractivity contribution in [3.63, 3.8) is 0 Å². The van der Waals surface area contributed by atoms with Crippen LogP contribution >= 0.6 is 11.6 Å². The van der Waals surface area contributed by atoms with E-state index in [1.165, 1.54) is 0 Å². The normalized spacial score (nSPS) is 10.5. The van der Waals surface area contributed by atoms with Gasteiger partial charge < -0.3 is 5.32 Å². The first kappa shape index (κ1) is 16.2. The number of hydrogen-bond donors (Lipinski definition) is 1. The quantitative estimate of drug-likeness (QED) is 0.566. The van der Waals surface area contributed by atoms with Gasteiger partial charge in [-0.05, 0) is 41.4 Å². The van der Waals surface area contributed by atoms with Gasteiger partial charge in [0.05, 0.1) is 24.8 Å². The summed E-state index contributed by atoms with van der Waals surface area (Å²) in [4.78, 5) is 9.28. The largest absolute Gasteiger partial charge is 0.479 e. The Bertz CT molecular complexity index is 1010. The predicted molar refractivity (Wildman–Crippen MR) is 99.8 cm³/mol. The molecule has 126 valence electrons. The summed E-state index contributed by atoms with van der Waals surface area (Å²) in [5.74, 6) is 1.68. The third-order valence-electron chi connectivity index (χ3n) is 3.77. The molecular weight excluding hydrogens is 346 g/mol. The lowest BCUT2D eigenvalue weighted by atomic mass is 10.3. The highest BCUT2D eigenvalue weighted by atomic mass is 35.5. The topological polar surface area (TPSA) is 45.6 Å². The summed E-state index contributed by atoms with van der Waals surface area (Å²) in [6.07, 6.45) is 7.60. The molecule has 3 heterocycles. The van der Waals surface area contributed by atoms with Gasteiger partial charge in [-0.15, -0.1) is 0 Å². The van der Waals surface area contributed by atoms with Crippen molar-refractivity contribution in [1.82, 2.24) is 9.97 Å². The molecule has 0 fully saturated rings. The Labute approximate surface area is 156 Å². The molecule has 0 aliphatic heterocycles. The van der Waals surface area contributed by atoms with Crippen molar-refractivity contribution in [2.75, 3.05) is 5.32 Å². The Morgan fingerprint density at radius 2 is 1.27 bits per heavy atom. The van der Waals surface area contributed by atoms with Gasteiger partial charge in [0.1, 0.15) is 0 Å². The highest BCUT2D eigenvalue weighted by Gasteiger charge is 2.27. The zero-order chi connectivity index (χ0) is 17.8. The highest BCUT2D eigenvalue weighted by Crippen LogP contribution is 2.26. The molecule has 0 aliphatic rings. The minimum absolute atomic E-state index is 0.449. The summed E-state index contributed by atoms with van der Waals surface area (Å²) < 4.78 is 3.71. The van der Waals surface area contributed by atoms with Gasteiger partial charge >= 0.3 is 11.8 Å². The average Bonchev–Trinajstić information content (AvgIpc) is 2.71. The monoisotopic (exact) mass is 361 g/mol. The standard InChI is InChI=1S/C20H16ClN5/c21-17-18(22-16-10-4-1-5-11-16)23-20(26-14-8-3-9-15-26)24-19(17)25-12-6-2-7-13-25/h1-15H,(H,22,23,24)/q+2. The fourth-order valence-electron chi connectivity index (χ4n) is 2.52. The van der Waals surface area contributed by atoms with Crippen LogP contribution in [0.15, 0.2) is 91.5 Å².